The Bertz CT molecular complexity index is 1070. The molecule has 0 aromatic rings. The zero-order valence-corrected chi connectivity index (χ0v) is 23.9. The van der Waals surface area contributed by atoms with Gasteiger partial charge in [-0.05, 0) is 66.3 Å². The number of aliphatic carboxylic acids is 1. The average Bonchev–Trinajstić information content (AvgIpc) is 2.99. The quantitative estimate of drug-likeness (QED) is 0.349. The minimum Gasteiger partial charge on any atom is -0.481 e. The molecule has 2 saturated carbocycles. The Morgan fingerprint density at radius 1 is 1.05 bits per heavy atom. The first-order valence-corrected chi connectivity index (χ1v) is 14.0. The highest BCUT2D eigenvalue weighted by molar-refractivity contribution is 6.00. The molecule has 2 fully saturated rings. The summed E-state index contributed by atoms with van der Waals surface area (Å²) in [5.74, 6) is -3.17. The number of hydrogen-bond acceptors (Lipinski definition) is 7. The number of ketones is 2. The first-order valence-electron chi connectivity index (χ1n) is 14.0. The van der Waals surface area contributed by atoms with Crippen LogP contribution < -0.4 is 0 Å². The van der Waals surface area contributed by atoms with E-state index < -0.39 is 63.4 Å². The highest BCUT2D eigenvalue weighted by Gasteiger charge is 2.71. The van der Waals surface area contributed by atoms with Crippen molar-refractivity contribution in [3.05, 3.63) is 11.1 Å². The van der Waals surface area contributed by atoms with Gasteiger partial charge in [0, 0.05) is 30.3 Å². The largest absolute Gasteiger partial charge is 0.481 e. The maximum Gasteiger partial charge on any atom is 0.306 e. The van der Waals surface area contributed by atoms with E-state index in [1.165, 1.54) is 6.92 Å². The maximum absolute atomic E-state index is 14.1. The lowest BCUT2D eigenvalue weighted by Crippen LogP contribution is -2.61. The molecule has 0 saturated heterocycles. The van der Waals surface area contributed by atoms with Crippen molar-refractivity contribution in [3.63, 3.8) is 0 Å². The summed E-state index contributed by atoms with van der Waals surface area (Å²) in [6.07, 6.45) is -1.19. The predicted molar refractivity (Wildman–Crippen MR) is 140 cm³/mol. The van der Waals surface area contributed by atoms with Gasteiger partial charge in [0.1, 0.15) is 5.78 Å². The summed E-state index contributed by atoms with van der Waals surface area (Å²) in [5, 5.41) is 54.9. The summed E-state index contributed by atoms with van der Waals surface area (Å²) < 4.78 is 0. The molecule has 0 unspecified atom stereocenters. The van der Waals surface area contributed by atoms with Crippen molar-refractivity contribution < 1.29 is 39.9 Å². The van der Waals surface area contributed by atoms with E-state index in [1.54, 1.807) is 6.92 Å². The van der Waals surface area contributed by atoms with Crippen LogP contribution in [0.3, 0.4) is 0 Å². The van der Waals surface area contributed by atoms with Crippen LogP contribution in [0.4, 0.5) is 0 Å². The summed E-state index contributed by atoms with van der Waals surface area (Å²) in [7, 11) is 0. The number of carbonyl (C=O) groups is 3. The first-order chi connectivity index (χ1) is 17.2. The molecule has 0 aromatic carbocycles. The Morgan fingerprint density at radius 2 is 1.66 bits per heavy atom. The summed E-state index contributed by atoms with van der Waals surface area (Å²) in [4.78, 5) is 38.1. The molecule has 5 N–H and O–H groups in total. The van der Waals surface area contributed by atoms with Gasteiger partial charge in [0.25, 0.3) is 0 Å². The van der Waals surface area contributed by atoms with Crippen molar-refractivity contribution >= 4 is 17.5 Å². The second kappa shape index (κ2) is 8.95. The molecule has 0 bridgehead atoms. The normalized spacial score (nSPS) is 44.5. The number of carboxylic acid groups (broad SMARTS) is 1. The minimum absolute atomic E-state index is 0.0674. The number of rotatable bonds is 6. The van der Waals surface area contributed by atoms with Gasteiger partial charge in [-0.25, -0.2) is 0 Å². The number of fused-ring (bicyclic) bond motifs is 4. The van der Waals surface area contributed by atoms with Crippen LogP contribution in [0, 0.1) is 39.4 Å². The topological polar surface area (TPSA) is 152 Å². The summed E-state index contributed by atoms with van der Waals surface area (Å²) in [6.45, 7) is 12.8. The zero-order chi connectivity index (χ0) is 28.8. The van der Waals surface area contributed by atoms with Gasteiger partial charge in [-0.3, -0.25) is 14.4 Å². The van der Waals surface area contributed by atoms with Gasteiger partial charge in [-0.1, -0.05) is 41.5 Å². The summed E-state index contributed by atoms with van der Waals surface area (Å²) in [6, 6.07) is 0. The lowest BCUT2D eigenvalue weighted by molar-refractivity contribution is -0.148. The van der Waals surface area contributed by atoms with Crippen molar-refractivity contribution in [2.24, 2.45) is 39.4 Å². The van der Waals surface area contributed by atoms with Gasteiger partial charge in [-0.2, -0.15) is 0 Å². The Balaban J connectivity index is 1.78. The fourth-order valence-corrected chi connectivity index (χ4v) is 9.43. The molecule has 0 heterocycles. The number of allylic oxidation sites excluding steroid dienone is 1. The molecule has 214 valence electrons. The van der Waals surface area contributed by atoms with Gasteiger partial charge in [-0.15, -0.1) is 0 Å². The fourth-order valence-electron chi connectivity index (χ4n) is 9.43. The number of Topliss-reactive ketones (excluding diaryl/α,β-unsaturated/α-hetero) is 2. The second-order valence-corrected chi connectivity index (χ2v) is 14.4. The number of hydrogen-bond donors (Lipinski definition) is 5. The van der Waals surface area contributed by atoms with Crippen LogP contribution in [0.15, 0.2) is 11.1 Å². The van der Waals surface area contributed by atoms with Crippen molar-refractivity contribution in [2.45, 2.75) is 117 Å². The van der Waals surface area contributed by atoms with E-state index in [9.17, 15) is 39.9 Å². The van der Waals surface area contributed by atoms with Gasteiger partial charge in [0.2, 0.25) is 0 Å². The lowest BCUT2D eigenvalue weighted by atomic mass is 9.42. The van der Waals surface area contributed by atoms with E-state index >= 15 is 0 Å². The van der Waals surface area contributed by atoms with Gasteiger partial charge < -0.3 is 25.5 Å². The molecule has 8 nitrogen and oxygen atoms in total. The summed E-state index contributed by atoms with van der Waals surface area (Å²) >= 11 is 0. The summed E-state index contributed by atoms with van der Waals surface area (Å²) in [5.41, 5.74) is -3.41. The van der Waals surface area contributed by atoms with E-state index in [0.29, 0.717) is 30.4 Å². The van der Waals surface area contributed by atoms with Crippen LogP contribution in [0.5, 0.6) is 0 Å². The Morgan fingerprint density at radius 3 is 2.24 bits per heavy atom. The van der Waals surface area contributed by atoms with E-state index in [0.717, 1.165) is 0 Å². The lowest BCUT2D eigenvalue weighted by Gasteiger charge is -2.62. The van der Waals surface area contributed by atoms with Gasteiger partial charge >= 0.3 is 5.97 Å². The molecule has 10 atom stereocenters. The fraction of sp³-hybridized carbons (Fsp3) is 0.833. The molecule has 0 spiro atoms. The van der Waals surface area contributed by atoms with E-state index in [4.69, 9.17) is 0 Å². The Kier molecular flexibility index (Phi) is 6.92. The SMILES string of the molecule is C[C@H](CC(=O)C[C@](C)(O)[C@@H]1C[C@H](O)[C@@]2(C)C3=C(C(=O)C[C@]12C)[C@@]1(C)CC[C@H](O)C(C)(C)[C@@H]1C[C@@H]3O)C(=O)O. The molecule has 0 aromatic heterocycles. The molecule has 0 radical (unpaired) electrons. The third-order valence-electron chi connectivity index (χ3n) is 11.8. The zero-order valence-electron chi connectivity index (χ0n) is 23.9. The van der Waals surface area contributed by atoms with Crippen molar-refractivity contribution in [2.75, 3.05) is 0 Å². The van der Waals surface area contributed by atoms with E-state index in [1.807, 2.05) is 27.7 Å². The maximum atomic E-state index is 14.1. The van der Waals surface area contributed by atoms with Crippen LogP contribution in [0.1, 0.15) is 93.4 Å². The Labute approximate surface area is 225 Å². The molecule has 8 heteroatoms. The first kappa shape index (κ1) is 29.4. The van der Waals surface area contributed by atoms with Crippen molar-refractivity contribution in [1.29, 1.82) is 0 Å². The highest BCUT2D eigenvalue weighted by atomic mass is 16.4. The third-order valence-corrected chi connectivity index (χ3v) is 11.8. The third kappa shape index (κ3) is 3.88. The van der Waals surface area contributed by atoms with Crippen LogP contribution in [0.2, 0.25) is 0 Å². The van der Waals surface area contributed by atoms with Crippen molar-refractivity contribution in [1.82, 2.24) is 0 Å². The molecule has 38 heavy (non-hydrogen) atoms. The number of carboxylic acids is 1. The van der Waals surface area contributed by atoms with Crippen LogP contribution in [-0.2, 0) is 14.4 Å². The van der Waals surface area contributed by atoms with E-state index in [2.05, 4.69) is 6.92 Å². The smallest absolute Gasteiger partial charge is 0.306 e. The monoisotopic (exact) mass is 534 g/mol. The Hall–Kier alpha value is -1.61. The molecule has 4 aliphatic rings. The molecule has 0 aliphatic heterocycles. The number of aliphatic hydroxyl groups is 4. The standard InChI is InChI=1S/C30H46O8/c1-15(25(36)37)10-16(31)13-29(6,38)20-12-22(35)30(7)24-17(32)11-19-26(2,3)21(34)8-9-27(19,4)23(24)18(33)14-28(20,30)5/h15,17,19-22,32,34-35,38H,8-14H2,1-7H3,(H,36,37)/t15-,17+,19+,20-,21+,22+,27+,28-,29+,30+/m1/s1. The molecular weight excluding hydrogens is 488 g/mol. The average molecular weight is 535 g/mol. The van der Waals surface area contributed by atoms with Gasteiger partial charge in [0.15, 0.2) is 5.78 Å². The van der Waals surface area contributed by atoms with E-state index in [-0.39, 0.29) is 43.2 Å². The van der Waals surface area contributed by atoms with Crippen LogP contribution in [0.25, 0.3) is 0 Å². The molecule has 0 amide bonds. The van der Waals surface area contributed by atoms with Crippen molar-refractivity contribution in [3.8, 4) is 0 Å². The second-order valence-electron chi connectivity index (χ2n) is 14.4. The minimum atomic E-state index is -1.58. The van der Waals surface area contributed by atoms with Crippen LogP contribution >= 0.6 is 0 Å². The number of carbonyl (C=O) groups excluding carboxylic acids is 2. The number of aliphatic hydroxyl groups excluding tert-OH is 3. The molecule has 4 aliphatic carbocycles. The van der Waals surface area contributed by atoms with Crippen LogP contribution in [-0.4, -0.2) is 67.0 Å². The highest BCUT2D eigenvalue weighted by Crippen LogP contribution is 2.72. The predicted octanol–water partition coefficient (Wildman–Crippen LogP) is 3.04. The molecule has 4 rings (SSSR count). The van der Waals surface area contributed by atoms with Gasteiger partial charge in [0.05, 0.1) is 29.8 Å². The molecular formula is C30H46O8.